The lowest BCUT2D eigenvalue weighted by molar-refractivity contribution is 0.127. The van der Waals surface area contributed by atoms with E-state index in [9.17, 15) is 8.42 Å². The number of hydrogen-bond acceptors (Lipinski definition) is 5. The van der Waals surface area contributed by atoms with Crippen LogP contribution in [0, 0.1) is 0 Å². The standard InChI is InChI=1S/C25H34Cl2N4O2S.4ClH/c26-24-6-2-22(3-7-24)20-29-13-11-28(12-14-29)10-1-19-34(32,33)31-17-15-30(16-18-31)21-23-4-8-25(27)9-5-23;;;;/h2-9H,1,10-21H2;4*1H. The maximum atomic E-state index is 12.9. The van der Waals surface area contributed by atoms with Crippen LogP contribution in [0.25, 0.3) is 0 Å². The summed E-state index contributed by atoms with van der Waals surface area (Å²) in [5.41, 5.74) is 2.48. The molecule has 0 saturated carbocycles. The molecule has 0 atom stereocenters. The van der Waals surface area contributed by atoms with Crippen molar-refractivity contribution in [1.82, 2.24) is 19.0 Å². The zero-order valence-corrected chi connectivity index (χ0v) is 26.8. The maximum absolute atomic E-state index is 12.9. The Morgan fingerprint density at radius 2 is 0.947 bits per heavy atom. The van der Waals surface area contributed by atoms with Crippen LogP contribution in [0.15, 0.2) is 48.5 Å². The predicted octanol–water partition coefficient (Wildman–Crippen LogP) is 5.34. The van der Waals surface area contributed by atoms with Gasteiger partial charge in [-0.3, -0.25) is 9.80 Å². The zero-order chi connectivity index (χ0) is 24.0. The molecule has 218 valence electrons. The molecular formula is C25H38Cl6N4O2S. The highest BCUT2D eigenvalue weighted by Gasteiger charge is 2.27. The van der Waals surface area contributed by atoms with Crippen LogP contribution in [0.4, 0.5) is 0 Å². The molecule has 2 aliphatic heterocycles. The van der Waals surface area contributed by atoms with Gasteiger partial charge in [0, 0.05) is 75.5 Å². The summed E-state index contributed by atoms with van der Waals surface area (Å²) >= 11 is 11.9. The molecule has 0 amide bonds. The summed E-state index contributed by atoms with van der Waals surface area (Å²) in [5.74, 6) is 0.231. The second-order valence-corrected chi connectivity index (χ2v) is 12.2. The Balaban J connectivity index is 0.00000342. The molecule has 2 heterocycles. The molecule has 0 bridgehead atoms. The van der Waals surface area contributed by atoms with Crippen molar-refractivity contribution in [3.8, 4) is 0 Å². The zero-order valence-electron chi connectivity index (χ0n) is 21.2. The number of nitrogens with zero attached hydrogens (tertiary/aromatic N) is 4. The van der Waals surface area contributed by atoms with E-state index in [4.69, 9.17) is 23.2 Å². The van der Waals surface area contributed by atoms with Crippen LogP contribution in [0.2, 0.25) is 10.0 Å². The van der Waals surface area contributed by atoms with E-state index in [1.807, 2.05) is 36.4 Å². The third kappa shape index (κ3) is 11.8. The Bertz CT molecular complexity index is 1020. The molecule has 0 N–H and O–H groups in total. The van der Waals surface area contributed by atoms with Gasteiger partial charge in [0.05, 0.1) is 5.75 Å². The third-order valence-electron chi connectivity index (χ3n) is 6.71. The van der Waals surface area contributed by atoms with Gasteiger partial charge in [-0.05, 0) is 48.4 Å². The fourth-order valence-electron chi connectivity index (χ4n) is 4.63. The fraction of sp³-hybridized carbons (Fsp3) is 0.520. The molecule has 0 unspecified atom stereocenters. The summed E-state index contributed by atoms with van der Waals surface area (Å²) in [6, 6.07) is 15.9. The molecule has 0 aliphatic carbocycles. The molecule has 0 spiro atoms. The Labute approximate surface area is 262 Å². The van der Waals surface area contributed by atoms with Gasteiger partial charge in [0.25, 0.3) is 0 Å². The van der Waals surface area contributed by atoms with E-state index in [1.54, 1.807) is 4.31 Å². The van der Waals surface area contributed by atoms with Gasteiger partial charge in [-0.2, -0.15) is 4.31 Å². The molecule has 0 aromatic heterocycles. The van der Waals surface area contributed by atoms with Crippen molar-refractivity contribution < 1.29 is 8.42 Å². The van der Waals surface area contributed by atoms with Crippen molar-refractivity contribution in [2.45, 2.75) is 19.5 Å². The highest BCUT2D eigenvalue weighted by Crippen LogP contribution is 2.16. The minimum Gasteiger partial charge on any atom is -0.301 e. The summed E-state index contributed by atoms with van der Waals surface area (Å²) in [4.78, 5) is 7.14. The first kappa shape index (κ1) is 38.0. The molecular weight excluding hydrogens is 633 g/mol. The Morgan fingerprint density at radius 1 is 0.579 bits per heavy atom. The highest BCUT2D eigenvalue weighted by atomic mass is 35.5. The number of hydrogen-bond donors (Lipinski definition) is 0. The van der Waals surface area contributed by atoms with Crippen LogP contribution < -0.4 is 0 Å². The molecule has 6 nitrogen and oxygen atoms in total. The first-order chi connectivity index (χ1) is 16.4. The Morgan fingerprint density at radius 3 is 1.37 bits per heavy atom. The summed E-state index contributed by atoms with van der Waals surface area (Å²) in [7, 11) is -3.20. The fourth-order valence-corrected chi connectivity index (χ4v) is 6.36. The highest BCUT2D eigenvalue weighted by molar-refractivity contribution is 7.89. The van der Waals surface area contributed by atoms with Crippen LogP contribution >= 0.6 is 72.8 Å². The van der Waals surface area contributed by atoms with Crippen molar-refractivity contribution in [2.24, 2.45) is 0 Å². The topological polar surface area (TPSA) is 47.1 Å². The van der Waals surface area contributed by atoms with E-state index in [-0.39, 0.29) is 55.4 Å². The number of rotatable bonds is 9. The quantitative estimate of drug-likeness (QED) is 0.361. The van der Waals surface area contributed by atoms with Crippen LogP contribution in [0.3, 0.4) is 0 Å². The average Bonchev–Trinajstić information content (AvgIpc) is 2.83. The van der Waals surface area contributed by atoms with Crippen molar-refractivity contribution in [3.63, 3.8) is 0 Å². The number of piperazine rings is 2. The molecule has 13 heteroatoms. The van der Waals surface area contributed by atoms with Crippen LogP contribution in [-0.4, -0.2) is 92.1 Å². The number of benzene rings is 2. The second kappa shape index (κ2) is 18.4. The van der Waals surface area contributed by atoms with Gasteiger partial charge in [-0.1, -0.05) is 47.5 Å². The molecule has 0 radical (unpaired) electrons. The SMILES string of the molecule is Cl.Cl.Cl.Cl.O=S(=O)(CCCN1CCN(Cc2ccc(Cl)cc2)CC1)N1CCN(Cc2ccc(Cl)cc2)CC1. The molecule has 2 fully saturated rings. The van der Waals surface area contributed by atoms with Crippen LogP contribution in [-0.2, 0) is 23.1 Å². The van der Waals surface area contributed by atoms with E-state index in [2.05, 4.69) is 26.8 Å². The molecule has 38 heavy (non-hydrogen) atoms. The predicted molar refractivity (Wildman–Crippen MR) is 169 cm³/mol. The van der Waals surface area contributed by atoms with Gasteiger partial charge in [-0.15, -0.1) is 49.6 Å². The van der Waals surface area contributed by atoms with E-state index < -0.39 is 10.0 Å². The lowest BCUT2D eigenvalue weighted by Gasteiger charge is -2.35. The maximum Gasteiger partial charge on any atom is 0.214 e. The van der Waals surface area contributed by atoms with Crippen molar-refractivity contribution in [1.29, 1.82) is 0 Å². The molecule has 2 aliphatic rings. The number of halogens is 6. The summed E-state index contributed by atoms with van der Waals surface area (Å²) in [6.45, 7) is 9.24. The molecule has 2 saturated heterocycles. The van der Waals surface area contributed by atoms with Crippen LogP contribution in [0.1, 0.15) is 17.5 Å². The van der Waals surface area contributed by atoms with Gasteiger partial charge < -0.3 is 4.90 Å². The summed E-state index contributed by atoms with van der Waals surface area (Å²) in [5, 5.41) is 1.50. The number of sulfonamides is 1. The van der Waals surface area contributed by atoms with Crippen molar-refractivity contribution >= 4 is 82.9 Å². The van der Waals surface area contributed by atoms with Crippen LogP contribution in [0.5, 0.6) is 0 Å². The minimum absolute atomic E-state index is 0. The molecule has 2 aromatic rings. The molecule has 4 rings (SSSR count). The minimum atomic E-state index is -3.20. The first-order valence-corrected chi connectivity index (χ1v) is 14.4. The lowest BCUT2D eigenvalue weighted by Crippen LogP contribution is -2.49. The van der Waals surface area contributed by atoms with E-state index in [1.165, 1.54) is 11.1 Å². The Kier molecular flexibility index (Phi) is 18.4. The van der Waals surface area contributed by atoms with Gasteiger partial charge in [0.2, 0.25) is 10.0 Å². The lowest BCUT2D eigenvalue weighted by atomic mass is 10.2. The van der Waals surface area contributed by atoms with E-state index >= 15 is 0 Å². The van der Waals surface area contributed by atoms with Crippen molar-refractivity contribution in [3.05, 3.63) is 69.7 Å². The van der Waals surface area contributed by atoms with Gasteiger partial charge >= 0.3 is 0 Å². The van der Waals surface area contributed by atoms with Gasteiger partial charge in [0.1, 0.15) is 0 Å². The largest absolute Gasteiger partial charge is 0.301 e. The summed E-state index contributed by atoms with van der Waals surface area (Å²) < 4.78 is 27.4. The molecule has 2 aromatic carbocycles. The van der Waals surface area contributed by atoms with E-state index in [0.717, 1.165) is 68.9 Å². The monoisotopic (exact) mass is 668 g/mol. The second-order valence-electron chi connectivity index (χ2n) is 9.22. The first-order valence-electron chi connectivity index (χ1n) is 12.0. The third-order valence-corrected chi connectivity index (χ3v) is 9.17. The summed E-state index contributed by atoms with van der Waals surface area (Å²) in [6.07, 6.45) is 0.685. The van der Waals surface area contributed by atoms with Gasteiger partial charge in [0.15, 0.2) is 0 Å². The van der Waals surface area contributed by atoms with Crippen molar-refractivity contribution in [2.75, 3.05) is 64.7 Å². The normalized spacial score (nSPS) is 17.4. The Hall–Kier alpha value is -0.0300. The average molecular weight is 671 g/mol. The van der Waals surface area contributed by atoms with Gasteiger partial charge in [-0.25, -0.2) is 8.42 Å². The smallest absolute Gasteiger partial charge is 0.214 e. The van der Waals surface area contributed by atoms with E-state index in [0.29, 0.717) is 19.5 Å².